The van der Waals surface area contributed by atoms with Crippen LogP contribution < -0.4 is 10.0 Å². The minimum absolute atomic E-state index is 0.0723. The van der Waals surface area contributed by atoms with Gasteiger partial charge in [-0.05, 0) is 30.7 Å². The quantitative estimate of drug-likeness (QED) is 0.719. The Labute approximate surface area is 124 Å². The molecule has 0 aliphatic rings. The van der Waals surface area contributed by atoms with Crippen LogP contribution in [0.25, 0.3) is 0 Å². The normalized spacial score (nSPS) is 11.3. The van der Waals surface area contributed by atoms with Gasteiger partial charge in [0.25, 0.3) is 0 Å². The van der Waals surface area contributed by atoms with Crippen molar-refractivity contribution in [2.75, 3.05) is 13.1 Å². The Morgan fingerprint density at radius 1 is 1.20 bits per heavy atom. The first-order chi connectivity index (χ1) is 9.45. The fourth-order valence-electron chi connectivity index (χ4n) is 1.49. The lowest BCUT2D eigenvalue weighted by Crippen LogP contribution is -2.31. The third kappa shape index (κ3) is 5.90. The summed E-state index contributed by atoms with van der Waals surface area (Å²) in [6.07, 6.45) is 2.04. The van der Waals surface area contributed by atoms with E-state index >= 15 is 0 Å². The maximum atomic E-state index is 11.9. The van der Waals surface area contributed by atoms with Crippen molar-refractivity contribution in [2.24, 2.45) is 0 Å². The number of amides is 1. The Hall–Kier alpha value is -1.11. The third-order valence-corrected chi connectivity index (χ3v) is 4.35. The number of benzene rings is 1. The molecule has 1 aromatic rings. The average Bonchev–Trinajstić information content (AvgIpc) is 2.39. The van der Waals surface area contributed by atoms with Gasteiger partial charge in [-0.1, -0.05) is 24.9 Å². The molecule has 0 fully saturated rings. The second kappa shape index (κ2) is 8.24. The summed E-state index contributed by atoms with van der Waals surface area (Å²) in [5, 5.41) is 3.20. The standard InChI is InChI=1S/C13H19ClN2O3S/c1-2-3-9-15-13(17)8-10-16-20(18,19)12-6-4-11(14)5-7-12/h4-7,16H,2-3,8-10H2,1H3,(H,15,17). The molecule has 1 amide bonds. The summed E-state index contributed by atoms with van der Waals surface area (Å²) < 4.78 is 26.2. The highest BCUT2D eigenvalue weighted by Crippen LogP contribution is 2.13. The number of unbranched alkanes of at least 4 members (excludes halogenated alkanes) is 1. The Morgan fingerprint density at radius 3 is 2.45 bits per heavy atom. The number of halogens is 1. The first-order valence-electron chi connectivity index (χ1n) is 6.47. The van der Waals surface area contributed by atoms with Crippen LogP contribution in [0.2, 0.25) is 5.02 Å². The van der Waals surface area contributed by atoms with E-state index in [2.05, 4.69) is 10.0 Å². The summed E-state index contributed by atoms with van der Waals surface area (Å²) in [6.45, 7) is 2.73. The van der Waals surface area contributed by atoms with Crippen LogP contribution in [0.1, 0.15) is 26.2 Å². The van der Waals surface area contributed by atoms with E-state index in [-0.39, 0.29) is 23.8 Å². The highest BCUT2D eigenvalue weighted by molar-refractivity contribution is 7.89. The van der Waals surface area contributed by atoms with E-state index in [1.165, 1.54) is 24.3 Å². The molecule has 2 N–H and O–H groups in total. The van der Waals surface area contributed by atoms with E-state index in [4.69, 9.17) is 11.6 Å². The molecular weight excluding hydrogens is 300 g/mol. The van der Waals surface area contributed by atoms with E-state index in [0.717, 1.165) is 12.8 Å². The van der Waals surface area contributed by atoms with Crippen molar-refractivity contribution in [3.05, 3.63) is 29.3 Å². The van der Waals surface area contributed by atoms with E-state index < -0.39 is 10.0 Å². The summed E-state index contributed by atoms with van der Waals surface area (Å²) >= 11 is 5.70. The molecule has 0 radical (unpaired) electrons. The van der Waals surface area contributed by atoms with Crippen molar-refractivity contribution >= 4 is 27.5 Å². The van der Waals surface area contributed by atoms with Crippen LogP contribution in [0.5, 0.6) is 0 Å². The fraction of sp³-hybridized carbons (Fsp3) is 0.462. The van der Waals surface area contributed by atoms with Gasteiger partial charge >= 0.3 is 0 Å². The van der Waals surface area contributed by atoms with E-state index in [0.29, 0.717) is 11.6 Å². The van der Waals surface area contributed by atoms with Crippen molar-refractivity contribution < 1.29 is 13.2 Å². The number of hydrogen-bond donors (Lipinski definition) is 2. The topological polar surface area (TPSA) is 75.3 Å². The van der Waals surface area contributed by atoms with Crippen LogP contribution in [0.15, 0.2) is 29.2 Å². The van der Waals surface area contributed by atoms with Gasteiger partial charge < -0.3 is 5.32 Å². The Morgan fingerprint density at radius 2 is 1.85 bits per heavy atom. The molecule has 112 valence electrons. The van der Waals surface area contributed by atoms with Crippen molar-refractivity contribution in [3.63, 3.8) is 0 Å². The van der Waals surface area contributed by atoms with E-state index in [1.807, 2.05) is 6.92 Å². The third-order valence-electron chi connectivity index (χ3n) is 2.62. The fourth-order valence-corrected chi connectivity index (χ4v) is 2.65. The van der Waals surface area contributed by atoms with Gasteiger partial charge in [0.05, 0.1) is 4.90 Å². The second-order valence-electron chi connectivity index (χ2n) is 4.31. The summed E-state index contributed by atoms with van der Waals surface area (Å²) in [4.78, 5) is 11.6. The number of carbonyl (C=O) groups is 1. The molecule has 1 aromatic carbocycles. The van der Waals surface area contributed by atoms with Crippen LogP contribution in [-0.4, -0.2) is 27.4 Å². The molecule has 0 atom stereocenters. The van der Waals surface area contributed by atoms with Crippen molar-refractivity contribution in [2.45, 2.75) is 31.1 Å². The molecule has 0 bridgehead atoms. The van der Waals surface area contributed by atoms with Gasteiger partial charge in [0.1, 0.15) is 0 Å². The highest BCUT2D eigenvalue weighted by atomic mass is 35.5. The lowest BCUT2D eigenvalue weighted by Gasteiger charge is -2.07. The van der Waals surface area contributed by atoms with Gasteiger partial charge in [-0.15, -0.1) is 0 Å². The number of hydrogen-bond acceptors (Lipinski definition) is 3. The molecule has 0 saturated carbocycles. The van der Waals surface area contributed by atoms with Gasteiger partial charge in [0.2, 0.25) is 15.9 Å². The van der Waals surface area contributed by atoms with Crippen LogP contribution in [0, 0.1) is 0 Å². The first kappa shape index (κ1) is 16.9. The maximum absolute atomic E-state index is 11.9. The van der Waals surface area contributed by atoms with E-state index in [1.54, 1.807) is 0 Å². The maximum Gasteiger partial charge on any atom is 0.240 e. The lowest BCUT2D eigenvalue weighted by molar-refractivity contribution is -0.120. The first-order valence-corrected chi connectivity index (χ1v) is 8.33. The molecule has 0 aliphatic heterocycles. The minimum atomic E-state index is -3.59. The van der Waals surface area contributed by atoms with Crippen molar-refractivity contribution in [3.8, 4) is 0 Å². The molecule has 5 nitrogen and oxygen atoms in total. The zero-order valence-electron chi connectivity index (χ0n) is 11.4. The molecule has 0 saturated heterocycles. The molecule has 0 spiro atoms. The monoisotopic (exact) mass is 318 g/mol. The molecular formula is C13H19ClN2O3S. The largest absolute Gasteiger partial charge is 0.356 e. The number of rotatable bonds is 8. The Balaban J connectivity index is 2.40. The van der Waals surface area contributed by atoms with Crippen LogP contribution >= 0.6 is 11.6 Å². The summed E-state index contributed by atoms with van der Waals surface area (Å²) in [5.74, 6) is -0.155. The van der Waals surface area contributed by atoms with Gasteiger partial charge in [0.15, 0.2) is 0 Å². The minimum Gasteiger partial charge on any atom is -0.356 e. The molecule has 0 aromatic heterocycles. The molecule has 0 unspecified atom stereocenters. The predicted octanol–water partition coefficient (Wildman–Crippen LogP) is 1.92. The Bertz CT molecular complexity index is 529. The van der Waals surface area contributed by atoms with Gasteiger partial charge in [-0.3, -0.25) is 4.79 Å². The molecule has 0 aliphatic carbocycles. The van der Waals surface area contributed by atoms with Crippen molar-refractivity contribution in [1.82, 2.24) is 10.0 Å². The molecule has 1 rings (SSSR count). The number of carbonyl (C=O) groups excluding carboxylic acids is 1. The summed E-state index contributed by atoms with van der Waals surface area (Å²) in [6, 6.07) is 5.86. The zero-order valence-corrected chi connectivity index (χ0v) is 12.9. The lowest BCUT2D eigenvalue weighted by atomic mass is 10.3. The SMILES string of the molecule is CCCCNC(=O)CCNS(=O)(=O)c1ccc(Cl)cc1. The number of sulfonamides is 1. The smallest absolute Gasteiger partial charge is 0.240 e. The second-order valence-corrected chi connectivity index (χ2v) is 6.51. The van der Waals surface area contributed by atoms with Crippen LogP contribution in [0.3, 0.4) is 0 Å². The highest BCUT2D eigenvalue weighted by Gasteiger charge is 2.13. The van der Waals surface area contributed by atoms with Gasteiger partial charge in [0, 0.05) is 24.5 Å². The predicted molar refractivity (Wildman–Crippen MR) is 79.2 cm³/mol. The average molecular weight is 319 g/mol. The van der Waals surface area contributed by atoms with Crippen LogP contribution in [-0.2, 0) is 14.8 Å². The number of nitrogens with one attached hydrogen (secondary N) is 2. The van der Waals surface area contributed by atoms with E-state index in [9.17, 15) is 13.2 Å². The van der Waals surface area contributed by atoms with Crippen molar-refractivity contribution in [1.29, 1.82) is 0 Å². The zero-order chi connectivity index (χ0) is 15.0. The Kier molecular flexibility index (Phi) is 6.98. The van der Waals surface area contributed by atoms with Gasteiger partial charge in [-0.2, -0.15) is 0 Å². The van der Waals surface area contributed by atoms with Crippen LogP contribution in [0.4, 0.5) is 0 Å². The molecule has 0 heterocycles. The summed E-state index contributed by atoms with van der Waals surface area (Å²) in [5.41, 5.74) is 0. The summed E-state index contributed by atoms with van der Waals surface area (Å²) in [7, 11) is -3.59. The molecule has 20 heavy (non-hydrogen) atoms. The molecule has 7 heteroatoms. The van der Waals surface area contributed by atoms with Gasteiger partial charge in [-0.25, -0.2) is 13.1 Å².